The molecule has 0 aliphatic rings. The van der Waals surface area contributed by atoms with Crippen LogP contribution in [0.4, 0.5) is 0 Å². The Labute approximate surface area is 77.9 Å². The van der Waals surface area contributed by atoms with Gasteiger partial charge in [-0.05, 0) is 6.42 Å². The fraction of sp³-hybridized carbons (Fsp3) is 0.875. The van der Waals surface area contributed by atoms with Crippen molar-refractivity contribution in [2.24, 2.45) is 5.73 Å². The summed E-state index contributed by atoms with van der Waals surface area (Å²) in [6.45, 7) is 1.63. The van der Waals surface area contributed by atoms with Crippen LogP contribution in [0.3, 0.4) is 0 Å². The largest absolute Gasteiger partial charge is 0.394 e. The van der Waals surface area contributed by atoms with Gasteiger partial charge in [-0.3, -0.25) is 4.79 Å². The van der Waals surface area contributed by atoms with E-state index in [1.807, 2.05) is 6.92 Å². The van der Waals surface area contributed by atoms with E-state index < -0.39 is 12.1 Å². The first-order valence-electron chi connectivity index (χ1n) is 4.44. The summed E-state index contributed by atoms with van der Waals surface area (Å²) < 4.78 is 0. The molecule has 5 nitrogen and oxygen atoms in total. The molecule has 0 aromatic heterocycles. The second kappa shape index (κ2) is 6.82. The number of nitrogens with two attached hydrogens (primary N) is 1. The molecule has 0 saturated carbocycles. The van der Waals surface area contributed by atoms with Gasteiger partial charge in [0.2, 0.25) is 5.91 Å². The zero-order valence-corrected chi connectivity index (χ0v) is 7.86. The van der Waals surface area contributed by atoms with Crippen LogP contribution < -0.4 is 11.1 Å². The number of hydrogen-bond acceptors (Lipinski definition) is 4. The van der Waals surface area contributed by atoms with Gasteiger partial charge in [0, 0.05) is 6.54 Å². The monoisotopic (exact) mass is 190 g/mol. The lowest BCUT2D eigenvalue weighted by atomic mass is 10.1. The maximum absolute atomic E-state index is 11.1. The molecule has 5 N–H and O–H groups in total. The molecule has 5 heteroatoms. The topological polar surface area (TPSA) is 95.6 Å². The Morgan fingerprint density at radius 3 is 2.69 bits per heavy atom. The first-order chi connectivity index (χ1) is 6.11. The van der Waals surface area contributed by atoms with E-state index >= 15 is 0 Å². The lowest BCUT2D eigenvalue weighted by molar-refractivity contribution is -0.123. The third-order valence-electron chi connectivity index (χ3n) is 1.66. The van der Waals surface area contributed by atoms with Crippen LogP contribution in [0, 0.1) is 0 Å². The molecule has 0 heterocycles. The van der Waals surface area contributed by atoms with Crippen LogP contribution in [0.25, 0.3) is 0 Å². The highest BCUT2D eigenvalue weighted by Crippen LogP contribution is 1.92. The molecule has 1 amide bonds. The minimum absolute atomic E-state index is 0.0484. The number of nitrogens with one attached hydrogen (secondary N) is 1. The molecule has 2 atom stereocenters. The Bertz CT molecular complexity index is 152. The first kappa shape index (κ1) is 12.3. The fourth-order valence-corrected chi connectivity index (χ4v) is 0.856. The minimum atomic E-state index is -0.905. The van der Waals surface area contributed by atoms with Crippen molar-refractivity contribution in [3.05, 3.63) is 0 Å². The van der Waals surface area contributed by atoms with Crippen LogP contribution in [-0.4, -0.2) is 41.4 Å². The summed E-state index contributed by atoms with van der Waals surface area (Å²) in [5.74, 6) is -0.283. The van der Waals surface area contributed by atoms with E-state index in [4.69, 9.17) is 15.9 Å². The summed E-state index contributed by atoms with van der Waals surface area (Å²) in [5.41, 5.74) is 5.50. The van der Waals surface area contributed by atoms with Crippen molar-refractivity contribution < 1.29 is 15.0 Å². The normalized spacial score (nSPS) is 15.1. The number of aliphatic hydroxyl groups excluding tert-OH is 2. The van der Waals surface area contributed by atoms with E-state index in [9.17, 15) is 4.79 Å². The molecule has 0 spiro atoms. The molecule has 78 valence electrons. The Morgan fingerprint density at radius 1 is 1.62 bits per heavy atom. The SMILES string of the molecule is CCC[C@H](N)C(=O)NCC(O)CO. The van der Waals surface area contributed by atoms with Crippen LogP contribution in [0.2, 0.25) is 0 Å². The average Bonchev–Trinajstić information content (AvgIpc) is 2.13. The Morgan fingerprint density at radius 2 is 2.23 bits per heavy atom. The number of carbonyl (C=O) groups is 1. The maximum Gasteiger partial charge on any atom is 0.237 e. The first-order valence-corrected chi connectivity index (χ1v) is 4.44. The number of carbonyl (C=O) groups excluding carboxylic acids is 1. The predicted molar refractivity (Wildman–Crippen MR) is 49.0 cm³/mol. The molecule has 1 unspecified atom stereocenters. The summed E-state index contributed by atoms with van der Waals surface area (Å²) in [7, 11) is 0. The smallest absolute Gasteiger partial charge is 0.237 e. The van der Waals surface area contributed by atoms with E-state index in [1.165, 1.54) is 0 Å². The molecule has 0 aromatic carbocycles. The van der Waals surface area contributed by atoms with Crippen LogP contribution >= 0.6 is 0 Å². The molecular weight excluding hydrogens is 172 g/mol. The van der Waals surface area contributed by atoms with Gasteiger partial charge < -0.3 is 21.3 Å². The zero-order valence-electron chi connectivity index (χ0n) is 7.86. The number of hydrogen-bond donors (Lipinski definition) is 4. The van der Waals surface area contributed by atoms with Crippen molar-refractivity contribution >= 4 is 5.91 Å². The van der Waals surface area contributed by atoms with Gasteiger partial charge >= 0.3 is 0 Å². The highest BCUT2D eigenvalue weighted by molar-refractivity contribution is 5.81. The number of rotatable bonds is 6. The quantitative estimate of drug-likeness (QED) is 0.413. The Balaban J connectivity index is 3.61. The lowest BCUT2D eigenvalue weighted by Gasteiger charge is -2.12. The summed E-state index contributed by atoms with van der Waals surface area (Å²) in [6, 6.07) is -0.518. The molecule has 13 heavy (non-hydrogen) atoms. The van der Waals surface area contributed by atoms with E-state index in [0.29, 0.717) is 6.42 Å². The molecule has 0 aromatic rings. The average molecular weight is 190 g/mol. The van der Waals surface area contributed by atoms with Gasteiger partial charge in [-0.1, -0.05) is 13.3 Å². The van der Waals surface area contributed by atoms with Crippen molar-refractivity contribution in [1.29, 1.82) is 0 Å². The van der Waals surface area contributed by atoms with E-state index in [-0.39, 0.29) is 19.1 Å². The number of amides is 1. The molecule has 0 saturated heterocycles. The van der Waals surface area contributed by atoms with Gasteiger partial charge in [-0.15, -0.1) is 0 Å². The molecule has 0 rings (SSSR count). The molecule has 0 bridgehead atoms. The van der Waals surface area contributed by atoms with Crippen molar-refractivity contribution in [2.45, 2.75) is 31.9 Å². The van der Waals surface area contributed by atoms with E-state index in [1.54, 1.807) is 0 Å². The second-order valence-corrected chi connectivity index (χ2v) is 2.98. The van der Waals surface area contributed by atoms with Gasteiger partial charge in [0.05, 0.1) is 18.8 Å². The molecule has 0 radical (unpaired) electrons. The van der Waals surface area contributed by atoms with Gasteiger partial charge in [0.25, 0.3) is 0 Å². The standard InChI is InChI=1S/C8H18N2O3/c1-2-3-7(9)8(13)10-4-6(12)5-11/h6-7,11-12H,2-5,9H2,1H3,(H,10,13)/t6?,7-/m0/s1. The number of aliphatic hydroxyl groups is 2. The highest BCUT2D eigenvalue weighted by Gasteiger charge is 2.12. The molecule has 0 fully saturated rings. The van der Waals surface area contributed by atoms with Crippen molar-refractivity contribution in [3.63, 3.8) is 0 Å². The highest BCUT2D eigenvalue weighted by atomic mass is 16.3. The van der Waals surface area contributed by atoms with Crippen molar-refractivity contribution in [3.8, 4) is 0 Å². The third kappa shape index (κ3) is 5.57. The van der Waals surface area contributed by atoms with E-state index in [0.717, 1.165) is 6.42 Å². The Kier molecular flexibility index (Phi) is 6.48. The van der Waals surface area contributed by atoms with Crippen LogP contribution in [-0.2, 0) is 4.79 Å². The van der Waals surface area contributed by atoms with Crippen molar-refractivity contribution in [2.75, 3.05) is 13.2 Å². The van der Waals surface area contributed by atoms with Crippen LogP contribution in [0.5, 0.6) is 0 Å². The molecular formula is C8H18N2O3. The zero-order chi connectivity index (χ0) is 10.3. The molecule has 0 aliphatic carbocycles. The van der Waals surface area contributed by atoms with Crippen molar-refractivity contribution in [1.82, 2.24) is 5.32 Å². The lowest BCUT2D eigenvalue weighted by Crippen LogP contribution is -2.43. The predicted octanol–water partition coefficient (Wildman–Crippen LogP) is -1.42. The molecule has 0 aliphatic heterocycles. The van der Waals surface area contributed by atoms with Gasteiger partial charge in [-0.2, -0.15) is 0 Å². The Hall–Kier alpha value is -0.650. The summed E-state index contributed by atoms with van der Waals surface area (Å²) in [4.78, 5) is 11.1. The summed E-state index contributed by atoms with van der Waals surface area (Å²) in [5, 5.41) is 19.8. The van der Waals surface area contributed by atoms with Crippen LogP contribution in [0.15, 0.2) is 0 Å². The van der Waals surface area contributed by atoms with Gasteiger partial charge in [0.1, 0.15) is 0 Å². The minimum Gasteiger partial charge on any atom is -0.394 e. The summed E-state index contributed by atoms with van der Waals surface area (Å²) >= 11 is 0. The summed E-state index contributed by atoms with van der Waals surface area (Å²) in [6.07, 6.45) is 0.566. The second-order valence-electron chi connectivity index (χ2n) is 2.98. The van der Waals surface area contributed by atoms with E-state index in [2.05, 4.69) is 5.32 Å². The maximum atomic E-state index is 11.1. The van der Waals surface area contributed by atoms with Gasteiger partial charge in [0.15, 0.2) is 0 Å². The van der Waals surface area contributed by atoms with Gasteiger partial charge in [-0.25, -0.2) is 0 Å². The third-order valence-corrected chi connectivity index (χ3v) is 1.66. The fourth-order valence-electron chi connectivity index (χ4n) is 0.856. The van der Waals surface area contributed by atoms with Crippen LogP contribution in [0.1, 0.15) is 19.8 Å².